The molecular formula is C21H25ClN2O5S. The van der Waals surface area contributed by atoms with Gasteiger partial charge in [0.1, 0.15) is 18.0 Å². The number of likely N-dealkylation sites (tertiary alicyclic amines) is 1. The van der Waals surface area contributed by atoms with E-state index in [1.54, 1.807) is 43.4 Å². The van der Waals surface area contributed by atoms with Gasteiger partial charge in [-0.25, -0.2) is 8.42 Å². The standard InChI is InChI=1S/C21H25ClN2O5S/c1-28-17-9-10-18(20(13-17)29-2)19-8-5-11-23(19)21(25)14-24(30(3,26)27)16-7-4-6-15(22)12-16/h4,6-7,9-10,12-13,19H,5,8,11,14H2,1-3H3. The number of carbonyl (C=O) groups excluding carboxylic acids is 1. The fraction of sp³-hybridized carbons (Fsp3) is 0.381. The van der Waals surface area contributed by atoms with Crippen molar-refractivity contribution in [1.82, 2.24) is 4.90 Å². The Hall–Kier alpha value is -2.45. The van der Waals surface area contributed by atoms with Crippen molar-refractivity contribution < 1.29 is 22.7 Å². The second kappa shape index (κ2) is 9.14. The van der Waals surface area contributed by atoms with Gasteiger partial charge in [0.2, 0.25) is 15.9 Å². The average Bonchev–Trinajstić information content (AvgIpc) is 3.20. The Morgan fingerprint density at radius 1 is 1.20 bits per heavy atom. The highest BCUT2D eigenvalue weighted by molar-refractivity contribution is 7.92. The normalized spacial score (nSPS) is 16.4. The molecule has 0 saturated carbocycles. The molecule has 7 nitrogen and oxygen atoms in total. The molecule has 9 heteroatoms. The summed E-state index contributed by atoms with van der Waals surface area (Å²) in [6, 6.07) is 11.8. The van der Waals surface area contributed by atoms with Crippen molar-refractivity contribution in [2.24, 2.45) is 0 Å². The molecule has 2 aromatic rings. The van der Waals surface area contributed by atoms with Crippen molar-refractivity contribution in [2.75, 3.05) is 37.9 Å². The summed E-state index contributed by atoms with van der Waals surface area (Å²) >= 11 is 6.02. The van der Waals surface area contributed by atoms with E-state index in [2.05, 4.69) is 0 Å². The third-order valence-electron chi connectivity index (χ3n) is 5.15. The lowest BCUT2D eigenvalue weighted by Crippen LogP contribution is -2.42. The first-order valence-corrected chi connectivity index (χ1v) is 11.7. The summed E-state index contributed by atoms with van der Waals surface area (Å²) in [6.07, 6.45) is 2.67. The number of carbonyl (C=O) groups is 1. The number of ether oxygens (including phenoxy) is 2. The topological polar surface area (TPSA) is 76.2 Å². The number of rotatable bonds is 7. The van der Waals surface area contributed by atoms with E-state index < -0.39 is 10.0 Å². The summed E-state index contributed by atoms with van der Waals surface area (Å²) in [5, 5.41) is 0.399. The van der Waals surface area contributed by atoms with Gasteiger partial charge in [0.25, 0.3) is 0 Å². The van der Waals surface area contributed by atoms with Crippen LogP contribution in [0, 0.1) is 0 Å². The average molecular weight is 453 g/mol. The van der Waals surface area contributed by atoms with Gasteiger partial charge < -0.3 is 14.4 Å². The van der Waals surface area contributed by atoms with Crippen molar-refractivity contribution in [3.05, 3.63) is 53.1 Å². The molecule has 1 atom stereocenters. The molecule has 1 heterocycles. The highest BCUT2D eigenvalue weighted by Crippen LogP contribution is 2.39. The first-order valence-electron chi connectivity index (χ1n) is 9.49. The predicted molar refractivity (Wildman–Crippen MR) is 117 cm³/mol. The summed E-state index contributed by atoms with van der Waals surface area (Å²) in [7, 11) is -0.525. The summed E-state index contributed by atoms with van der Waals surface area (Å²) in [5.74, 6) is 1.02. The lowest BCUT2D eigenvalue weighted by Gasteiger charge is -2.29. The predicted octanol–water partition coefficient (Wildman–Crippen LogP) is 3.49. The van der Waals surface area contributed by atoms with Gasteiger partial charge in [0.15, 0.2) is 0 Å². The summed E-state index contributed by atoms with van der Waals surface area (Å²) in [4.78, 5) is 14.9. The number of anilines is 1. The number of sulfonamides is 1. The zero-order valence-electron chi connectivity index (χ0n) is 17.2. The Kier molecular flexibility index (Phi) is 6.77. The number of hydrogen-bond donors (Lipinski definition) is 0. The molecular weight excluding hydrogens is 428 g/mol. The van der Waals surface area contributed by atoms with Crippen LogP contribution in [0.2, 0.25) is 5.02 Å². The smallest absolute Gasteiger partial charge is 0.243 e. The highest BCUT2D eigenvalue weighted by Gasteiger charge is 2.34. The zero-order valence-corrected chi connectivity index (χ0v) is 18.7. The third kappa shape index (κ3) is 4.82. The molecule has 1 aliphatic rings. The van der Waals surface area contributed by atoms with Crippen LogP contribution < -0.4 is 13.8 Å². The van der Waals surface area contributed by atoms with Gasteiger partial charge in [-0.2, -0.15) is 0 Å². The fourth-order valence-electron chi connectivity index (χ4n) is 3.73. The minimum atomic E-state index is -3.68. The Morgan fingerprint density at radius 3 is 2.60 bits per heavy atom. The van der Waals surface area contributed by atoms with Gasteiger partial charge in [-0.1, -0.05) is 17.7 Å². The van der Waals surface area contributed by atoms with Crippen LogP contribution in [0.15, 0.2) is 42.5 Å². The van der Waals surface area contributed by atoms with Crippen LogP contribution in [0.4, 0.5) is 5.69 Å². The largest absolute Gasteiger partial charge is 0.497 e. The van der Waals surface area contributed by atoms with E-state index in [9.17, 15) is 13.2 Å². The number of halogens is 1. The van der Waals surface area contributed by atoms with Crippen molar-refractivity contribution >= 4 is 33.2 Å². The van der Waals surface area contributed by atoms with Crippen molar-refractivity contribution in [3.8, 4) is 11.5 Å². The van der Waals surface area contributed by atoms with Crippen LogP contribution in [0.1, 0.15) is 24.4 Å². The summed E-state index contributed by atoms with van der Waals surface area (Å²) in [5.41, 5.74) is 1.23. The summed E-state index contributed by atoms with van der Waals surface area (Å²) < 4.78 is 36.6. The lowest BCUT2D eigenvalue weighted by atomic mass is 10.0. The molecule has 2 aromatic carbocycles. The van der Waals surface area contributed by atoms with Crippen molar-refractivity contribution in [3.63, 3.8) is 0 Å². The molecule has 30 heavy (non-hydrogen) atoms. The molecule has 0 N–H and O–H groups in total. The van der Waals surface area contributed by atoms with Gasteiger partial charge >= 0.3 is 0 Å². The molecule has 1 unspecified atom stereocenters. The Labute approximate surface area is 182 Å². The maximum absolute atomic E-state index is 13.2. The maximum atomic E-state index is 13.2. The van der Waals surface area contributed by atoms with E-state index in [1.807, 2.05) is 12.1 Å². The minimum absolute atomic E-state index is 0.195. The van der Waals surface area contributed by atoms with Crippen LogP contribution >= 0.6 is 11.6 Å². The molecule has 0 bridgehead atoms. The van der Waals surface area contributed by atoms with E-state index in [4.69, 9.17) is 21.1 Å². The van der Waals surface area contributed by atoms with E-state index in [-0.39, 0.29) is 18.5 Å². The van der Waals surface area contributed by atoms with E-state index in [0.717, 1.165) is 29.0 Å². The number of nitrogens with zero attached hydrogens (tertiary/aromatic N) is 2. The fourth-order valence-corrected chi connectivity index (χ4v) is 4.75. The molecule has 1 saturated heterocycles. The number of hydrogen-bond acceptors (Lipinski definition) is 5. The molecule has 0 aromatic heterocycles. The van der Waals surface area contributed by atoms with Gasteiger partial charge in [-0.3, -0.25) is 9.10 Å². The van der Waals surface area contributed by atoms with Crippen LogP contribution in [-0.2, 0) is 14.8 Å². The van der Waals surface area contributed by atoms with Crippen LogP contribution in [0.25, 0.3) is 0 Å². The molecule has 1 aliphatic heterocycles. The quantitative estimate of drug-likeness (QED) is 0.642. The molecule has 0 spiro atoms. The second-order valence-electron chi connectivity index (χ2n) is 7.10. The zero-order chi connectivity index (χ0) is 21.9. The molecule has 1 amide bonds. The highest BCUT2D eigenvalue weighted by atomic mass is 35.5. The third-order valence-corrected chi connectivity index (χ3v) is 6.52. The van der Waals surface area contributed by atoms with Gasteiger partial charge in [0, 0.05) is 23.2 Å². The van der Waals surface area contributed by atoms with Crippen molar-refractivity contribution in [2.45, 2.75) is 18.9 Å². The SMILES string of the molecule is COc1ccc(C2CCCN2C(=O)CN(c2cccc(Cl)c2)S(C)(=O)=O)c(OC)c1. The second-order valence-corrected chi connectivity index (χ2v) is 9.45. The maximum Gasteiger partial charge on any atom is 0.243 e. The van der Waals surface area contributed by atoms with E-state index in [0.29, 0.717) is 28.8 Å². The van der Waals surface area contributed by atoms with Crippen molar-refractivity contribution in [1.29, 1.82) is 0 Å². The van der Waals surface area contributed by atoms with Crippen LogP contribution in [0.5, 0.6) is 11.5 Å². The lowest BCUT2D eigenvalue weighted by molar-refractivity contribution is -0.130. The van der Waals surface area contributed by atoms with Crippen LogP contribution in [-0.4, -0.2) is 52.8 Å². The Balaban J connectivity index is 1.88. The number of amides is 1. The molecule has 1 fully saturated rings. The molecule has 0 radical (unpaired) electrons. The van der Waals surface area contributed by atoms with Gasteiger partial charge in [0.05, 0.1) is 32.2 Å². The van der Waals surface area contributed by atoms with Gasteiger partial charge in [-0.15, -0.1) is 0 Å². The summed E-state index contributed by atoms with van der Waals surface area (Å²) in [6.45, 7) is 0.250. The minimum Gasteiger partial charge on any atom is -0.497 e. The Bertz CT molecular complexity index is 1030. The molecule has 0 aliphatic carbocycles. The molecule has 3 rings (SSSR count). The number of benzene rings is 2. The monoisotopic (exact) mass is 452 g/mol. The number of methoxy groups -OCH3 is 2. The Morgan fingerprint density at radius 2 is 1.97 bits per heavy atom. The van der Waals surface area contributed by atoms with E-state index in [1.165, 1.54) is 6.07 Å². The first-order chi connectivity index (χ1) is 14.2. The molecule has 162 valence electrons. The van der Waals surface area contributed by atoms with E-state index >= 15 is 0 Å². The van der Waals surface area contributed by atoms with Gasteiger partial charge in [-0.05, 0) is 43.2 Å². The van der Waals surface area contributed by atoms with Crippen LogP contribution in [0.3, 0.4) is 0 Å². The first kappa shape index (κ1) is 22.2.